The molecule has 1 aliphatic heterocycles. The summed E-state index contributed by atoms with van der Waals surface area (Å²) >= 11 is 0. The van der Waals surface area contributed by atoms with Crippen LogP contribution in [0.2, 0.25) is 0 Å². The topological polar surface area (TPSA) is 73.0 Å². The number of hydrogen-bond donors (Lipinski definition) is 0. The lowest BCUT2D eigenvalue weighted by Gasteiger charge is -2.38. The van der Waals surface area contributed by atoms with Crippen molar-refractivity contribution in [1.29, 1.82) is 0 Å². The van der Waals surface area contributed by atoms with Crippen LogP contribution in [0.25, 0.3) is 11.3 Å². The van der Waals surface area contributed by atoms with E-state index < -0.39 is 0 Å². The lowest BCUT2D eigenvalue weighted by atomic mass is 10.1. The number of hydrogen-bond acceptors (Lipinski definition) is 4. The van der Waals surface area contributed by atoms with E-state index in [1.807, 2.05) is 41.2 Å². The predicted octanol–water partition coefficient (Wildman–Crippen LogP) is 2.18. The van der Waals surface area contributed by atoms with E-state index in [2.05, 4.69) is 10.3 Å². The molecule has 0 atom stereocenters. The Hall–Kier alpha value is -3.22. The van der Waals surface area contributed by atoms with Gasteiger partial charge in [0.25, 0.3) is 5.91 Å². The van der Waals surface area contributed by atoms with Crippen LogP contribution in [-0.2, 0) is 7.05 Å². The second-order valence-electron chi connectivity index (χ2n) is 6.59. The summed E-state index contributed by atoms with van der Waals surface area (Å²) in [6.07, 6.45) is 3.61. The first-order valence-electron chi connectivity index (χ1n) is 8.47. The smallest absolute Gasteiger partial charge is 0.270 e. The Morgan fingerprint density at radius 3 is 2.50 bits per heavy atom. The molecule has 7 nitrogen and oxygen atoms in total. The van der Waals surface area contributed by atoms with E-state index in [-0.39, 0.29) is 17.7 Å². The van der Waals surface area contributed by atoms with E-state index in [0.29, 0.717) is 24.3 Å². The number of aromatic nitrogens is 4. The average Bonchev–Trinajstić information content (AvgIpc) is 3.21. The summed E-state index contributed by atoms with van der Waals surface area (Å²) in [5.74, 6) is -0.114. The molecular weight excluding hydrogens is 330 g/mol. The van der Waals surface area contributed by atoms with Crippen molar-refractivity contribution in [3.05, 3.63) is 60.0 Å². The summed E-state index contributed by atoms with van der Waals surface area (Å²) < 4.78 is 3.52. The van der Waals surface area contributed by atoms with Crippen molar-refractivity contribution >= 4 is 11.7 Å². The molecule has 1 aliphatic rings. The molecule has 1 fully saturated rings. The van der Waals surface area contributed by atoms with Crippen LogP contribution in [0.15, 0.2) is 48.8 Å². The number of nitrogens with zero attached hydrogens (tertiary/aromatic N) is 5. The van der Waals surface area contributed by atoms with Crippen LogP contribution in [-0.4, -0.2) is 49.2 Å². The van der Waals surface area contributed by atoms with Gasteiger partial charge in [0, 0.05) is 37.5 Å². The molecule has 0 bridgehead atoms. The molecule has 0 N–H and O–H groups in total. The summed E-state index contributed by atoms with van der Waals surface area (Å²) in [6.45, 7) is 2.66. The Balaban J connectivity index is 1.43. The van der Waals surface area contributed by atoms with Crippen LogP contribution in [0.4, 0.5) is 0 Å². The standard InChI is InChI=1S/C19H19N5O2/c1-13(25)15-8-18(22(2)9-15)19(26)23-10-16(11-23)24-12-17(20-21-24)14-6-4-3-5-7-14/h3-9,12,16H,10-11H2,1-2H3. The molecule has 3 aromatic rings. The number of amides is 1. The Bertz CT molecular complexity index is 967. The SMILES string of the molecule is CC(=O)c1cc(C(=O)N2CC(n3cc(-c4ccccc4)nn3)C2)n(C)c1. The van der Waals surface area contributed by atoms with E-state index >= 15 is 0 Å². The zero-order valence-electron chi connectivity index (χ0n) is 14.7. The fraction of sp³-hybridized carbons (Fsp3) is 0.263. The lowest BCUT2D eigenvalue weighted by Crippen LogP contribution is -2.51. The van der Waals surface area contributed by atoms with Gasteiger partial charge >= 0.3 is 0 Å². The third-order valence-electron chi connectivity index (χ3n) is 4.73. The minimum atomic E-state index is -0.0698. The Labute approximate surface area is 150 Å². The van der Waals surface area contributed by atoms with Crippen molar-refractivity contribution in [2.45, 2.75) is 13.0 Å². The highest BCUT2D eigenvalue weighted by Gasteiger charge is 2.34. The van der Waals surface area contributed by atoms with Crippen LogP contribution in [0, 0.1) is 0 Å². The molecule has 1 amide bonds. The number of carbonyl (C=O) groups excluding carboxylic acids is 2. The maximum atomic E-state index is 12.6. The third-order valence-corrected chi connectivity index (χ3v) is 4.73. The van der Waals surface area contributed by atoms with Gasteiger partial charge in [-0.15, -0.1) is 5.10 Å². The van der Waals surface area contributed by atoms with Gasteiger partial charge in [0.05, 0.1) is 12.2 Å². The lowest BCUT2D eigenvalue weighted by molar-refractivity contribution is 0.0489. The van der Waals surface area contributed by atoms with Crippen LogP contribution in [0.5, 0.6) is 0 Å². The van der Waals surface area contributed by atoms with Crippen LogP contribution in [0.3, 0.4) is 0 Å². The molecule has 0 aliphatic carbocycles. The minimum Gasteiger partial charge on any atom is -0.346 e. The Kier molecular flexibility index (Phi) is 3.91. The van der Waals surface area contributed by atoms with E-state index in [4.69, 9.17) is 0 Å². The third kappa shape index (κ3) is 2.81. The number of rotatable bonds is 4. The number of likely N-dealkylation sites (tertiary alicyclic amines) is 1. The van der Waals surface area contributed by atoms with Crippen molar-refractivity contribution in [3.8, 4) is 11.3 Å². The van der Waals surface area contributed by atoms with E-state index in [1.54, 1.807) is 28.8 Å². The number of carbonyl (C=O) groups is 2. The fourth-order valence-corrected chi connectivity index (χ4v) is 3.12. The summed E-state index contributed by atoms with van der Waals surface area (Å²) in [5.41, 5.74) is 2.92. The number of ketones is 1. The molecule has 1 saturated heterocycles. The van der Waals surface area contributed by atoms with Gasteiger partial charge in [0.2, 0.25) is 0 Å². The van der Waals surface area contributed by atoms with Gasteiger partial charge in [-0.05, 0) is 13.0 Å². The summed E-state index contributed by atoms with van der Waals surface area (Å²) in [4.78, 5) is 25.9. The zero-order chi connectivity index (χ0) is 18.3. The molecule has 3 heterocycles. The van der Waals surface area contributed by atoms with Gasteiger partial charge < -0.3 is 9.47 Å². The first kappa shape index (κ1) is 16.3. The van der Waals surface area contributed by atoms with Crippen molar-refractivity contribution in [2.75, 3.05) is 13.1 Å². The maximum Gasteiger partial charge on any atom is 0.270 e. The minimum absolute atomic E-state index is 0.0443. The summed E-state index contributed by atoms with van der Waals surface area (Å²) in [7, 11) is 1.78. The van der Waals surface area contributed by atoms with Crippen molar-refractivity contribution in [2.24, 2.45) is 7.05 Å². The molecule has 132 valence electrons. The molecule has 7 heteroatoms. The van der Waals surface area contributed by atoms with Gasteiger partial charge in [-0.1, -0.05) is 35.5 Å². The number of aryl methyl sites for hydroxylation is 1. The first-order chi connectivity index (χ1) is 12.5. The Morgan fingerprint density at radius 2 is 1.85 bits per heavy atom. The first-order valence-corrected chi connectivity index (χ1v) is 8.47. The van der Waals surface area contributed by atoms with E-state index in [1.165, 1.54) is 6.92 Å². The van der Waals surface area contributed by atoms with E-state index in [0.717, 1.165) is 11.3 Å². The van der Waals surface area contributed by atoms with Crippen molar-refractivity contribution < 1.29 is 9.59 Å². The Morgan fingerprint density at radius 1 is 1.12 bits per heavy atom. The molecule has 0 saturated carbocycles. The van der Waals surface area contributed by atoms with Gasteiger partial charge in [-0.3, -0.25) is 9.59 Å². The van der Waals surface area contributed by atoms with Crippen molar-refractivity contribution in [3.63, 3.8) is 0 Å². The highest BCUT2D eigenvalue weighted by molar-refractivity contribution is 5.99. The molecule has 1 aromatic carbocycles. The highest BCUT2D eigenvalue weighted by atomic mass is 16.2. The average molecular weight is 349 g/mol. The van der Waals surface area contributed by atoms with E-state index in [9.17, 15) is 9.59 Å². The second-order valence-corrected chi connectivity index (χ2v) is 6.59. The largest absolute Gasteiger partial charge is 0.346 e. The maximum absolute atomic E-state index is 12.6. The molecule has 0 unspecified atom stereocenters. The van der Waals surface area contributed by atoms with Crippen molar-refractivity contribution in [1.82, 2.24) is 24.5 Å². The molecule has 2 aromatic heterocycles. The van der Waals surface area contributed by atoms with Gasteiger partial charge in [-0.2, -0.15) is 0 Å². The summed E-state index contributed by atoms with van der Waals surface area (Å²) in [6, 6.07) is 11.7. The van der Waals surface area contributed by atoms with Gasteiger partial charge in [-0.25, -0.2) is 4.68 Å². The molecular formula is C19H19N5O2. The van der Waals surface area contributed by atoms with Gasteiger partial charge in [0.1, 0.15) is 11.4 Å². The number of benzene rings is 1. The van der Waals surface area contributed by atoms with Gasteiger partial charge in [0.15, 0.2) is 5.78 Å². The monoisotopic (exact) mass is 349 g/mol. The molecule has 0 spiro atoms. The second kappa shape index (κ2) is 6.25. The number of Topliss-reactive ketones (excluding diaryl/α,β-unsaturated/α-hetero) is 1. The molecule has 0 radical (unpaired) electrons. The zero-order valence-corrected chi connectivity index (χ0v) is 14.7. The van der Waals surface area contributed by atoms with Crippen LogP contribution < -0.4 is 0 Å². The molecule has 26 heavy (non-hydrogen) atoms. The summed E-state index contributed by atoms with van der Waals surface area (Å²) in [5, 5.41) is 8.43. The normalized spacial score (nSPS) is 14.3. The quantitative estimate of drug-likeness (QED) is 0.677. The highest BCUT2D eigenvalue weighted by Crippen LogP contribution is 2.25. The molecule has 4 rings (SSSR count). The fourth-order valence-electron chi connectivity index (χ4n) is 3.12. The van der Waals surface area contributed by atoms with Crippen LogP contribution in [0.1, 0.15) is 33.8 Å². The predicted molar refractivity (Wildman–Crippen MR) is 95.8 cm³/mol. The van der Waals surface area contributed by atoms with Crippen LogP contribution >= 0.6 is 0 Å².